The molecule has 2 N–H and O–H groups in total. The summed E-state index contributed by atoms with van der Waals surface area (Å²) in [6, 6.07) is 0. The summed E-state index contributed by atoms with van der Waals surface area (Å²) < 4.78 is 28.2. The average Bonchev–Trinajstić information content (AvgIpc) is 2.35. The summed E-state index contributed by atoms with van der Waals surface area (Å²) in [7, 11) is -3.41. The Bertz CT molecular complexity index is 392. The van der Waals surface area contributed by atoms with Crippen molar-refractivity contribution >= 4 is 15.9 Å². The molecule has 0 saturated carbocycles. The van der Waals surface area contributed by atoms with Crippen LogP contribution >= 0.6 is 0 Å². The summed E-state index contributed by atoms with van der Waals surface area (Å²) in [5, 5.41) is 12.1. The van der Waals surface area contributed by atoms with E-state index in [1.165, 1.54) is 4.31 Å². The van der Waals surface area contributed by atoms with E-state index in [0.29, 0.717) is 31.8 Å². The quantitative estimate of drug-likeness (QED) is 0.582. The zero-order chi connectivity index (χ0) is 13.8. The summed E-state index contributed by atoms with van der Waals surface area (Å²) in [5.41, 5.74) is 0.702. The average molecular weight is 277 g/mol. The second-order valence-corrected chi connectivity index (χ2v) is 6.81. The predicted molar refractivity (Wildman–Crippen MR) is 71.0 cm³/mol. The van der Waals surface area contributed by atoms with Gasteiger partial charge in [0, 0.05) is 32.0 Å². The van der Waals surface area contributed by atoms with E-state index in [2.05, 4.69) is 9.88 Å². The van der Waals surface area contributed by atoms with Gasteiger partial charge in [-0.3, -0.25) is 0 Å². The summed E-state index contributed by atoms with van der Waals surface area (Å²) in [6.45, 7) is 7.10. The van der Waals surface area contributed by atoms with Crippen molar-refractivity contribution in [2.75, 3.05) is 19.6 Å². The predicted octanol–water partition coefficient (Wildman–Crippen LogP) is 1.04. The second-order valence-electron chi connectivity index (χ2n) is 5.05. The van der Waals surface area contributed by atoms with Gasteiger partial charge in [0.1, 0.15) is 0 Å². The number of hydrogen-bond donors (Lipinski definition) is 2. The molecular formula is C11H23N3O3S. The van der Waals surface area contributed by atoms with Crippen molar-refractivity contribution in [1.82, 2.24) is 9.03 Å². The smallest absolute Gasteiger partial charge is 0.279 e. The molecule has 1 unspecified atom stereocenters. The first-order valence-corrected chi connectivity index (χ1v) is 7.80. The molecule has 6 nitrogen and oxygen atoms in total. The third-order valence-electron chi connectivity index (χ3n) is 3.15. The van der Waals surface area contributed by atoms with Gasteiger partial charge in [0.25, 0.3) is 10.2 Å². The number of nitrogens with zero attached hydrogens (tertiary/aromatic N) is 2. The Balaban J connectivity index is 2.68. The molecule has 0 radical (unpaired) electrons. The summed E-state index contributed by atoms with van der Waals surface area (Å²) in [6.07, 6.45) is 1.27. The molecule has 1 rings (SSSR count). The van der Waals surface area contributed by atoms with E-state index in [-0.39, 0.29) is 11.8 Å². The van der Waals surface area contributed by atoms with Crippen LogP contribution in [0.1, 0.15) is 33.6 Å². The highest BCUT2D eigenvalue weighted by atomic mass is 32.2. The van der Waals surface area contributed by atoms with Gasteiger partial charge in [-0.2, -0.15) is 12.7 Å². The number of rotatable bonds is 5. The van der Waals surface area contributed by atoms with Gasteiger partial charge in [-0.1, -0.05) is 25.9 Å². The molecular weight excluding hydrogens is 254 g/mol. The van der Waals surface area contributed by atoms with Crippen LogP contribution in [-0.2, 0) is 10.2 Å². The van der Waals surface area contributed by atoms with Crippen LogP contribution in [0.5, 0.6) is 0 Å². The minimum absolute atomic E-state index is 0.0133. The van der Waals surface area contributed by atoms with Crippen molar-refractivity contribution in [1.29, 1.82) is 0 Å². The maximum absolute atomic E-state index is 12.1. The van der Waals surface area contributed by atoms with Gasteiger partial charge in [0.2, 0.25) is 0 Å². The standard InChI is InChI=1S/C11H23N3O3S/c1-4-10-8-14(6-5-11(10)13-15)18(16,17)12-7-9(2)3/h9-10,12,15H,4-8H2,1-3H3. The molecule has 1 atom stereocenters. The molecule has 0 spiro atoms. The number of oxime groups is 1. The van der Waals surface area contributed by atoms with E-state index < -0.39 is 10.2 Å². The molecule has 0 bridgehead atoms. The molecule has 7 heteroatoms. The monoisotopic (exact) mass is 277 g/mol. The van der Waals surface area contributed by atoms with Crippen LogP contribution in [0, 0.1) is 11.8 Å². The first-order chi connectivity index (χ1) is 8.40. The second kappa shape index (κ2) is 6.49. The summed E-state index contributed by atoms with van der Waals surface area (Å²) >= 11 is 0. The molecule has 1 fully saturated rings. The van der Waals surface area contributed by atoms with Crippen molar-refractivity contribution in [3.8, 4) is 0 Å². The van der Waals surface area contributed by atoms with Crippen LogP contribution in [0.4, 0.5) is 0 Å². The van der Waals surface area contributed by atoms with Crippen LogP contribution in [0.25, 0.3) is 0 Å². The Morgan fingerprint density at radius 3 is 2.72 bits per heavy atom. The van der Waals surface area contributed by atoms with Gasteiger partial charge in [0.05, 0.1) is 5.71 Å². The Morgan fingerprint density at radius 1 is 1.56 bits per heavy atom. The van der Waals surface area contributed by atoms with Crippen molar-refractivity contribution < 1.29 is 13.6 Å². The largest absolute Gasteiger partial charge is 0.411 e. The first-order valence-electron chi connectivity index (χ1n) is 6.36. The fourth-order valence-electron chi connectivity index (χ4n) is 1.96. The highest BCUT2D eigenvalue weighted by Crippen LogP contribution is 2.19. The van der Waals surface area contributed by atoms with Crippen molar-refractivity contribution in [3.05, 3.63) is 0 Å². The lowest BCUT2D eigenvalue weighted by Gasteiger charge is -2.32. The van der Waals surface area contributed by atoms with Crippen molar-refractivity contribution in [2.45, 2.75) is 33.6 Å². The van der Waals surface area contributed by atoms with Crippen molar-refractivity contribution in [3.63, 3.8) is 0 Å². The topological polar surface area (TPSA) is 82.0 Å². The lowest BCUT2D eigenvalue weighted by molar-refractivity contribution is 0.294. The van der Waals surface area contributed by atoms with E-state index in [9.17, 15) is 8.42 Å². The van der Waals surface area contributed by atoms with Crippen LogP contribution in [-0.4, -0.2) is 43.3 Å². The zero-order valence-electron chi connectivity index (χ0n) is 11.3. The van der Waals surface area contributed by atoms with E-state index in [0.717, 1.165) is 6.42 Å². The molecule has 1 aliphatic rings. The lowest BCUT2D eigenvalue weighted by atomic mass is 9.95. The van der Waals surface area contributed by atoms with Crippen LogP contribution in [0.2, 0.25) is 0 Å². The summed E-state index contributed by atoms with van der Waals surface area (Å²) in [5.74, 6) is 0.292. The number of nitrogens with one attached hydrogen (secondary N) is 1. The van der Waals surface area contributed by atoms with Gasteiger partial charge >= 0.3 is 0 Å². The SMILES string of the molecule is CCC1CN(S(=O)(=O)NCC(C)C)CCC1=NO. The Hall–Kier alpha value is -0.660. The molecule has 1 heterocycles. The van der Waals surface area contributed by atoms with Gasteiger partial charge in [0.15, 0.2) is 0 Å². The zero-order valence-corrected chi connectivity index (χ0v) is 12.1. The Kier molecular flexibility index (Phi) is 5.55. The summed E-state index contributed by atoms with van der Waals surface area (Å²) in [4.78, 5) is 0. The van der Waals surface area contributed by atoms with E-state index in [1.54, 1.807) is 0 Å². The van der Waals surface area contributed by atoms with E-state index >= 15 is 0 Å². The number of piperidine rings is 1. The molecule has 0 aromatic carbocycles. The maximum atomic E-state index is 12.1. The van der Waals surface area contributed by atoms with Crippen LogP contribution in [0.3, 0.4) is 0 Å². The Morgan fingerprint density at radius 2 is 2.22 bits per heavy atom. The Labute approximate surface area is 109 Å². The molecule has 0 amide bonds. The van der Waals surface area contributed by atoms with Crippen LogP contribution in [0.15, 0.2) is 5.16 Å². The third-order valence-corrected chi connectivity index (χ3v) is 4.69. The molecule has 0 aliphatic carbocycles. The maximum Gasteiger partial charge on any atom is 0.279 e. The molecule has 1 aliphatic heterocycles. The van der Waals surface area contributed by atoms with E-state index in [1.807, 2.05) is 20.8 Å². The van der Waals surface area contributed by atoms with Crippen LogP contribution < -0.4 is 4.72 Å². The normalized spacial score (nSPS) is 24.9. The molecule has 18 heavy (non-hydrogen) atoms. The fourth-order valence-corrected chi connectivity index (χ4v) is 3.40. The molecule has 0 aromatic rings. The van der Waals surface area contributed by atoms with E-state index in [4.69, 9.17) is 5.21 Å². The molecule has 106 valence electrons. The number of hydrogen-bond acceptors (Lipinski definition) is 4. The van der Waals surface area contributed by atoms with Gasteiger partial charge in [-0.05, 0) is 12.3 Å². The highest BCUT2D eigenvalue weighted by Gasteiger charge is 2.31. The van der Waals surface area contributed by atoms with Gasteiger partial charge in [-0.15, -0.1) is 0 Å². The molecule has 1 saturated heterocycles. The highest BCUT2D eigenvalue weighted by molar-refractivity contribution is 7.87. The van der Waals surface area contributed by atoms with Gasteiger partial charge < -0.3 is 5.21 Å². The molecule has 0 aromatic heterocycles. The third kappa shape index (κ3) is 3.93. The first kappa shape index (κ1) is 15.4. The fraction of sp³-hybridized carbons (Fsp3) is 0.909. The van der Waals surface area contributed by atoms with Crippen molar-refractivity contribution in [2.24, 2.45) is 17.0 Å². The minimum Gasteiger partial charge on any atom is -0.411 e. The minimum atomic E-state index is -3.41. The van der Waals surface area contributed by atoms with Gasteiger partial charge in [-0.25, -0.2) is 4.72 Å². The lowest BCUT2D eigenvalue weighted by Crippen LogP contribution is -2.49.